The molecule has 0 unspecified atom stereocenters. The average molecular weight is 467 g/mol. The molecule has 1 fully saturated rings. The second-order valence-corrected chi connectivity index (χ2v) is 9.68. The Labute approximate surface area is 208 Å². The van der Waals surface area contributed by atoms with Gasteiger partial charge in [0.25, 0.3) is 5.91 Å². The number of carbonyl (C=O) groups excluding carboxylic acids is 1. The van der Waals surface area contributed by atoms with E-state index < -0.39 is 0 Å². The number of ether oxygens (including phenoxy) is 1. The van der Waals surface area contributed by atoms with Crippen molar-refractivity contribution in [1.82, 2.24) is 4.90 Å². The van der Waals surface area contributed by atoms with Crippen LogP contribution < -0.4 is 10.1 Å². The molecular formula is C31H34N2O2. The molecule has 3 aromatic carbocycles. The van der Waals surface area contributed by atoms with E-state index >= 15 is 0 Å². The Balaban J connectivity index is 1.27. The van der Waals surface area contributed by atoms with Crippen LogP contribution in [0.5, 0.6) is 5.75 Å². The quantitative estimate of drug-likeness (QED) is 0.432. The molecule has 4 heteroatoms. The van der Waals surface area contributed by atoms with Crippen LogP contribution in [0.3, 0.4) is 0 Å². The van der Waals surface area contributed by atoms with Gasteiger partial charge in [-0.25, -0.2) is 0 Å². The number of nitrogens with one attached hydrogen (secondary N) is 1. The summed E-state index contributed by atoms with van der Waals surface area (Å²) in [5, 5.41) is 3.10. The van der Waals surface area contributed by atoms with E-state index in [0.29, 0.717) is 6.61 Å². The number of nitrogens with zero attached hydrogens (tertiary/aromatic N) is 1. The Hall–Kier alpha value is -3.37. The van der Waals surface area contributed by atoms with Gasteiger partial charge in [-0.3, -0.25) is 9.69 Å². The number of amides is 1. The lowest BCUT2D eigenvalue weighted by atomic mass is 9.97. The molecule has 0 saturated carbocycles. The van der Waals surface area contributed by atoms with Gasteiger partial charge in [0.1, 0.15) is 12.4 Å². The summed E-state index contributed by atoms with van der Waals surface area (Å²) in [5.41, 5.74) is 7.67. The van der Waals surface area contributed by atoms with Crippen LogP contribution in [-0.2, 0) is 11.2 Å². The monoisotopic (exact) mass is 466 g/mol. The van der Waals surface area contributed by atoms with Gasteiger partial charge in [-0.15, -0.1) is 0 Å². The maximum Gasteiger partial charge on any atom is 0.251 e. The highest BCUT2D eigenvalue weighted by Crippen LogP contribution is 2.29. The van der Waals surface area contributed by atoms with Crippen molar-refractivity contribution < 1.29 is 9.53 Å². The number of hydrogen-bond donors (Lipinski definition) is 1. The summed E-state index contributed by atoms with van der Waals surface area (Å²) < 4.78 is 5.96. The highest BCUT2D eigenvalue weighted by atomic mass is 16.5. The van der Waals surface area contributed by atoms with Crippen molar-refractivity contribution in [3.8, 4) is 16.9 Å². The number of carbonyl (C=O) groups is 1. The molecule has 0 bridgehead atoms. The minimum atomic E-state index is -0.0344. The van der Waals surface area contributed by atoms with Crippen LogP contribution in [0.25, 0.3) is 17.2 Å². The summed E-state index contributed by atoms with van der Waals surface area (Å²) >= 11 is 0. The van der Waals surface area contributed by atoms with Crippen LogP contribution in [0.4, 0.5) is 5.69 Å². The van der Waals surface area contributed by atoms with Gasteiger partial charge in [0.15, 0.2) is 0 Å². The minimum absolute atomic E-state index is 0.0344. The number of rotatable bonds is 7. The first kappa shape index (κ1) is 23.4. The molecular weight excluding hydrogens is 432 g/mol. The Morgan fingerprint density at radius 3 is 2.54 bits per heavy atom. The Bertz CT molecular complexity index is 1210. The molecule has 35 heavy (non-hydrogen) atoms. The van der Waals surface area contributed by atoms with Crippen molar-refractivity contribution in [3.63, 3.8) is 0 Å². The Morgan fingerprint density at radius 2 is 1.71 bits per heavy atom. The Morgan fingerprint density at radius 1 is 0.914 bits per heavy atom. The fourth-order valence-electron chi connectivity index (χ4n) is 4.96. The van der Waals surface area contributed by atoms with Crippen LogP contribution in [0, 0.1) is 6.92 Å². The molecule has 1 saturated heterocycles. The van der Waals surface area contributed by atoms with Crippen molar-refractivity contribution in [2.45, 2.75) is 39.0 Å². The first-order valence-electron chi connectivity index (χ1n) is 12.8. The van der Waals surface area contributed by atoms with E-state index in [1.165, 1.54) is 48.2 Å². The van der Waals surface area contributed by atoms with Gasteiger partial charge in [0.2, 0.25) is 0 Å². The standard InChI is InChI=1S/C31H34N2O2/c1-23-10-12-25(13-11-23)26-15-14-24-6-4-7-27(21-28(24)20-26)31(34)32-29-8-5-9-30(22-29)35-19-18-33-16-2-3-17-33/h5,8-15,20-22H,2-4,6-7,16-19H2,1H3,(H,32,34). The highest BCUT2D eigenvalue weighted by molar-refractivity contribution is 6.07. The third kappa shape index (κ3) is 6.01. The molecule has 1 aliphatic carbocycles. The summed E-state index contributed by atoms with van der Waals surface area (Å²) in [5.74, 6) is 0.762. The number of aryl methyl sites for hydroxylation is 2. The van der Waals surface area contributed by atoms with Crippen LogP contribution in [0.1, 0.15) is 42.4 Å². The number of fused-ring (bicyclic) bond motifs is 1. The predicted octanol–water partition coefficient (Wildman–Crippen LogP) is 6.50. The number of benzene rings is 3. The van der Waals surface area contributed by atoms with Crippen molar-refractivity contribution in [2.75, 3.05) is 31.6 Å². The summed E-state index contributed by atoms with van der Waals surface area (Å²) in [6.45, 7) is 6.06. The zero-order chi connectivity index (χ0) is 24.0. The average Bonchev–Trinajstić information content (AvgIpc) is 3.29. The maximum atomic E-state index is 13.2. The van der Waals surface area contributed by atoms with Crippen LogP contribution in [0.2, 0.25) is 0 Å². The molecule has 0 atom stereocenters. The molecule has 1 N–H and O–H groups in total. The van der Waals surface area contributed by atoms with E-state index in [-0.39, 0.29) is 5.91 Å². The summed E-state index contributed by atoms with van der Waals surface area (Å²) in [6.07, 6.45) is 7.37. The van der Waals surface area contributed by atoms with Gasteiger partial charge in [0.05, 0.1) is 0 Å². The third-order valence-electron chi connectivity index (χ3n) is 7.01. The zero-order valence-electron chi connectivity index (χ0n) is 20.6. The van der Waals surface area contributed by atoms with Gasteiger partial charge in [0, 0.05) is 23.9 Å². The molecule has 2 aliphatic rings. The molecule has 1 heterocycles. The number of anilines is 1. The smallest absolute Gasteiger partial charge is 0.251 e. The maximum absolute atomic E-state index is 13.2. The van der Waals surface area contributed by atoms with E-state index in [1.807, 2.05) is 24.3 Å². The van der Waals surface area contributed by atoms with Crippen molar-refractivity contribution in [1.29, 1.82) is 0 Å². The first-order chi connectivity index (χ1) is 17.1. The lowest BCUT2D eigenvalue weighted by molar-refractivity contribution is -0.112. The van der Waals surface area contributed by atoms with Gasteiger partial charge in [-0.1, -0.05) is 48.0 Å². The highest BCUT2D eigenvalue weighted by Gasteiger charge is 2.16. The topological polar surface area (TPSA) is 41.6 Å². The first-order valence-corrected chi connectivity index (χ1v) is 12.8. The number of hydrogen-bond acceptors (Lipinski definition) is 3. The fraction of sp³-hybridized carbons (Fsp3) is 0.323. The van der Waals surface area contributed by atoms with Crippen molar-refractivity contribution in [3.05, 3.63) is 89.0 Å². The van der Waals surface area contributed by atoms with Crippen LogP contribution >= 0.6 is 0 Å². The van der Waals surface area contributed by atoms with Crippen LogP contribution in [-0.4, -0.2) is 37.0 Å². The lowest BCUT2D eigenvalue weighted by Gasteiger charge is -2.15. The van der Waals surface area contributed by atoms with Gasteiger partial charge in [-0.2, -0.15) is 0 Å². The minimum Gasteiger partial charge on any atom is -0.492 e. The zero-order valence-corrected chi connectivity index (χ0v) is 20.6. The second kappa shape index (κ2) is 10.9. The van der Waals surface area contributed by atoms with Crippen molar-refractivity contribution in [2.24, 2.45) is 0 Å². The second-order valence-electron chi connectivity index (χ2n) is 9.68. The molecule has 1 aliphatic heterocycles. The van der Waals surface area contributed by atoms with Crippen molar-refractivity contribution >= 4 is 17.7 Å². The lowest BCUT2D eigenvalue weighted by Crippen LogP contribution is -2.25. The van der Waals surface area contributed by atoms with E-state index in [0.717, 1.165) is 48.4 Å². The normalized spacial score (nSPS) is 15.7. The van der Waals surface area contributed by atoms with Gasteiger partial charge < -0.3 is 10.1 Å². The van der Waals surface area contributed by atoms with E-state index in [2.05, 4.69) is 65.7 Å². The summed E-state index contributed by atoms with van der Waals surface area (Å²) in [7, 11) is 0. The predicted molar refractivity (Wildman–Crippen MR) is 144 cm³/mol. The molecule has 180 valence electrons. The largest absolute Gasteiger partial charge is 0.492 e. The molecule has 0 radical (unpaired) electrons. The van der Waals surface area contributed by atoms with Gasteiger partial charge >= 0.3 is 0 Å². The SMILES string of the molecule is Cc1ccc(-c2ccc3c(c2)C=C(C(=O)Nc2cccc(OCCN4CCCC4)c2)CCC3)cc1. The molecule has 5 rings (SSSR count). The van der Waals surface area contributed by atoms with E-state index in [4.69, 9.17) is 4.74 Å². The summed E-state index contributed by atoms with van der Waals surface area (Å²) in [4.78, 5) is 15.6. The van der Waals surface area contributed by atoms with Gasteiger partial charge in [-0.05, 0) is 98.6 Å². The number of likely N-dealkylation sites (tertiary alicyclic amines) is 1. The molecule has 1 amide bonds. The molecule has 3 aromatic rings. The molecule has 4 nitrogen and oxygen atoms in total. The fourth-order valence-corrected chi connectivity index (χ4v) is 4.96. The summed E-state index contributed by atoms with van der Waals surface area (Å²) in [6, 6.07) is 22.9. The van der Waals surface area contributed by atoms with E-state index in [9.17, 15) is 4.79 Å². The molecule has 0 spiro atoms. The van der Waals surface area contributed by atoms with Crippen LogP contribution in [0.15, 0.2) is 72.3 Å². The Kier molecular flexibility index (Phi) is 7.29. The molecule has 0 aromatic heterocycles. The third-order valence-corrected chi connectivity index (χ3v) is 7.01. The van der Waals surface area contributed by atoms with E-state index in [1.54, 1.807) is 0 Å².